The molecule has 2 unspecified atom stereocenters. The highest BCUT2D eigenvalue weighted by molar-refractivity contribution is 5.85. The second kappa shape index (κ2) is 4.35. The van der Waals surface area contributed by atoms with Crippen LogP contribution in [0.4, 0.5) is 0 Å². The van der Waals surface area contributed by atoms with Crippen molar-refractivity contribution in [3.8, 4) is 0 Å². The molecule has 2 atom stereocenters. The third-order valence-electron chi connectivity index (χ3n) is 4.07. The number of primary amides is 1. The molecule has 0 spiro atoms. The summed E-state index contributed by atoms with van der Waals surface area (Å²) in [6, 6.07) is 0.701. The van der Waals surface area contributed by atoms with Gasteiger partial charge in [-0.3, -0.25) is 4.79 Å². The fraction of sp³-hybridized carbons (Fsp3) is 0.750. The summed E-state index contributed by atoms with van der Waals surface area (Å²) < 4.78 is 1.85. The van der Waals surface area contributed by atoms with Crippen molar-refractivity contribution < 1.29 is 4.79 Å². The molecule has 2 saturated carbocycles. The lowest BCUT2D eigenvalue weighted by Gasteiger charge is -2.39. The maximum absolute atomic E-state index is 11.9. The van der Waals surface area contributed by atoms with Gasteiger partial charge in [-0.1, -0.05) is 0 Å². The van der Waals surface area contributed by atoms with E-state index < -0.39 is 5.54 Å². The van der Waals surface area contributed by atoms with Gasteiger partial charge < -0.3 is 11.1 Å². The van der Waals surface area contributed by atoms with E-state index in [0.717, 1.165) is 38.5 Å². The quantitative estimate of drug-likeness (QED) is 0.807. The minimum absolute atomic E-state index is 0.222. The first-order valence-corrected chi connectivity index (χ1v) is 6.61. The van der Waals surface area contributed by atoms with Crippen LogP contribution in [0.15, 0.2) is 12.7 Å². The van der Waals surface area contributed by atoms with Crippen LogP contribution in [-0.2, 0) is 4.79 Å². The largest absolute Gasteiger partial charge is 0.368 e. The van der Waals surface area contributed by atoms with Gasteiger partial charge in [0.05, 0.1) is 11.6 Å². The van der Waals surface area contributed by atoms with Crippen LogP contribution in [0.25, 0.3) is 0 Å². The zero-order chi connectivity index (χ0) is 12.6. The van der Waals surface area contributed by atoms with Gasteiger partial charge in [0.25, 0.3) is 0 Å². The van der Waals surface area contributed by atoms with Gasteiger partial charge in [-0.05, 0) is 38.5 Å². The van der Waals surface area contributed by atoms with Gasteiger partial charge in [0.15, 0.2) is 0 Å². The Bertz CT molecular complexity index is 428. The smallest absolute Gasteiger partial charge is 0.237 e. The van der Waals surface area contributed by atoms with Gasteiger partial charge in [0, 0.05) is 6.04 Å². The van der Waals surface area contributed by atoms with Gasteiger partial charge in [-0.25, -0.2) is 9.67 Å². The molecule has 2 aliphatic carbocycles. The van der Waals surface area contributed by atoms with Crippen molar-refractivity contribution in [1.29, 1.82) is 0 Å². The molecule has 0 aromatic carbocycles. The number of amides is 1. The van der Waals surface area contributed by atoms with Gasteiger partial charge in [0.1, 0.15) is 12.7 Å². The van der Waals surface area contributed by atoms with Crippen LogP contribution in [0.2, 0.25) is 0 Å². The van der Waals surface area contributed by atoms with Crippen LogP contribution >= 0.6 is 0 Å². The number of hydrogen-bond donors (Lipinski definition) is 2. The molecule has 2 aliphatic rings. The molecule has 98 valence electrons. The van der Waals surface area contributed by atoms with Crippen molar-refractivity contribution in [2.45, 2.75) is 56.1 Å². The maximum atomic E-state index is 11.9. The summed E-state index contributed by atoms with van der Waals surface area (Å²) in [7, 11) is 0. The molecule has 3 rings (SSSR count). The van der Waals surface area contributed by atoms with Crippen molar-refractivity contribution in [3.05, 3.63) is 12.7 Å². The second-order valence-electron chi connectivity index (χ2n) is 5.49. The van der Waals surface area contributed by atoms with Crippen LogP contribution in [0.1, 0.15) is 44.6 Å². The Morgan fingerprint density at radius 3 is 2.89 bits per heavy atom. The average Bonchev–Trinajstić information content (AvgIpc) is 3.00. The van der Waals surface area contributed by atoms with E-state index in [9.17, 15) is 4.79 Å². The summed E-state index contributed by atoms with van der Waals surface area (Å²) in [6.45, 7) is 0. The predicted molar refractivity (Wildman–Crippen MR) is 65.6 cm³/mol. The summed E-state index contributed by atoms with van der Waals surface area (Å²) in [5, 5.41) is 7.65. The molecule has 0 bridgehead atoms. The Morgan fingerprint density at radius 1 is 1.44 bits per heavy atom. The summed E-state index contributed by atoms with van der Waals surface area (Å²) in [5.41, 5.74) is 5.10. The van der Waals surface area contributed by atoms with Crippen molar-refractivity contribution >= 4 is 5.91 Å². The van der Waals surface area contributed by atoms with E-state index in [1.54, 1.807) is 6.33 Å². The van der Waals surface area contributed by atoms with E-state index in [4.69, 9.17) is 5.73 Å². The second-order valence-corrected chi connectivity index (χ2v) is 5.49. The standard InChI is InChI=1S/C12H19N5O/c13-11(18)12(16-9-3-4-9)5-1-2-10(6-12)17-8-14-7-15-17/h7-10,16H,1-6H2,(H2,13,18). The molecule has 0 aliphatic heterocycles. The Hall–Kier alpha value is -1.43. The van der Waals surface area contributed by atoms with E-state index in [0.29, 0.717) is 6.04 Å². The number of nitrogens with two attached hydrogens (primary N) is 1. The number of rotatable bonds is 4. The molecule has 2 fully saturated rings. The number of carbonyl (C=O) groups excluding carboxylic acids is 1. The van der Waals surface area contributed by atoms with Crippen LogP contribution in [-0.4, -0.2) is 32.3 Å². The van der Waals surface area contributed by atoms with Crippen LogP contribution in [0.3, 0.4) is 0 Å². The molecule has 1 aromatic heterocycles. The van der Waals surface area contributed by atoms with Crippen molar-refractivity contribution in [3.63, 3.8) is 0 Å². The SMILES string of the molecule is NC(=O)C1(NC2CC2)CCCC(n2cncn2)C1. The Morgan fingerprint density at radius 2 is 2.28 bits per heavy atom. The average molecular weight is 249 g/mol. The molecule has 0 saturated heterocycles. The first-order valence-electron chi connectivity index (χ1n) is 6.61. The lowest BCUT2D eigenvalue weighted by Crippen LogP contribution is -2.58. The fourth-order valence-electron chi connectivity index (χ4n) is 2.92. The van der Waals surface area contributed by atoms with E-state index in [1.165, 1.54) is 6.33 Å². The molecule has 6 heteroatoms. The van der Waals surface area contributed by atoms with Crippen molar-refractivity contribution in [2.24, 2.45) is 5.73 Å². The van der Waals surface area contributed by atoms with Crippen molar-refractivity contribution in [2.75, 3.05) is 0 Å². The first kappa shape index (κ1) is 11.6. The Labute approximate surface area is 106 Å². The van der Waals surface area contributed by atoms with E-state index >= 15 is 0 Å². The maximum Gasteiger partial charge on any atom is 0.237 e. The third kappa shape index (κ3) is 2.12. The molecule has 6 nitrogen and oxygen atoms in total. The topological polar surface area (TPSA) is 85.8 Å². The van der Waals surface area contributed by atoms with Crippen LogP contribution in [0.5, 0.6) is 0 Å². The number of hydrogen-bond acceptors (Lipinski definition) is 4. The molecule has 3 N–H and O–H groups in total. The predicted octanol–water partition coefficient (Wildman–Crippen LogP) is 0.369. The molecule has 0 radical (unpaired) electrons. The van der Waals surface area contributed by atoms with Crippen LogP contribution in [0, 0.1) is 0 Å². The van der Waals surface area contributed by atoms with Gasteiger partial charge in [-0.2, -0.15) is 5.10 Å². The van der Waals surface area contributed by atoms with E-state index in [-0.39, 0.29) is 11.9 Å². The monoisotopic (exact) mass is 249 g/mol. The van der Waals surface area contributed by atoms with E-state index in [2.05, 4.69) is 15.4 Å². The summed E-state index contributed by atoms with van der Waals surface area (Å²) in [6.07, 6.45) is 9.16. The number of aromatic nitrogens is 3. The summed E-state index contributed by atoms with van der Waals surface area (Å²) >= 11 is 0. The lowest BCUT2D eigenvalue weighted by atomic mass is 9.78. The minimum atomic E-state index is -0.546. The molecule has 1 heterocycles. The highest BCUT2D eigenvalue weighted by Gasteiger charge is 2.45. The zero-order valence-electron chi connectivity index (χ0n) is 10.4. The van der Waals surface area contributed by atoms with Gasteiger partial charge in [0.2, 0.25) is 5.91 Å². The minimum Gasteiger partial charge on any atom is -0.368 e. The molecular formula is C12H19N5O. The van der Waals surface area contributed by atoms with E-state index in [1.807, 2.05) is 4.68 Å². The number of nitrogens with zero attached hydrogens (tertiary/aromatic N) is 3. The molecule has 1 aromatic rings. The molecule has 18 heavy (non-hydrogen) atoms. The summed E-state index contributed by atoms with van der Waals surface area (Å²) in [4.78, 5) is 15.8. The Kier molecular flexibility index (Phi) is 2.81. The zero-order valence-corrected chi connectivity index (χ0v) is 10.4. The molecule has 1 amide bonds. The van der Waals surface area contributed by atoms with Gasteiger partial charge in [-0.15, -0.1) is 0 Å². The van der Waals surface area contributed by atoms with Crippen LogP contribution < -0.4 is 11.1 Å². The normalized spacial score (nSPS) is 32.3. The van der Waals surface area contributed by atoms with Crippen molar-refractivity contribution in [1.82, 2.24) is 20.1 Å². The Balaban J connectivity index is 1.79. The highest BCUT2D eigenvalue weighted by Crippen LogP contribution is 2.37. The summed E-state index contributed by atoms with van der Waals surface area (Å²) in [5.74, 6) is -0.223. The number of nitrogens with one attached hydrogen (secondary N) is 1. The molecular weight excluding hydrogens is 230 g/mol. The van der Waals surface area contributed by atoms with Gasteiger partial charge >= 0.3 is 0 Å². The third-order valence-corrected chi connectivity index (χ3v) is 4.07. The fourth-order valence-corrected chi connectivity index (χ4v) is 2.92. The lowest BCUT2D eigenvalue weighted by molar-refractivity contribution is -0.126. The first-order chi connectivity index (χ1) is 8.70. The highest BCUT2D eigenvalue weighted by atomic mass is 16.1. The number of carbonyl (C=O) groups is 1.